The molecule has 0 saturated carbocycles. The van der Waals surface area contributed by atoms with E-state index in [9.17, 15) is 0 Å². The van der Waals surface area contributed by atoms with Gasteiger partial charge in [0, 0.05) is 11.9 Å². The number of nitrogens with zero attached hydrogens (tertiary/aromatic N) is 2. The van der Waals surface area contributed by atoms with E-state index in [1.807, 2.05) is 26.1 Å². The lowest BCUT2D eigenvalue weighted by atomic mass is 10.2. The van der Waals surface area contributed by atoms with Crippen molar-refractivity contribution in [2.24, 2.45) is 9.98 Å². The van der Waals surface area contributed by atoms with E-state index in [0.717, 1.165) is 17.7 Å². The van der Waals surface area contributed by atoms with Crippen molar-refractivity contribution < 1.29 is 0 Å². The molecular weight excluding hydrogens is 228 g/mol. The molecule has 0 aromatic carbocycles. The summed E-state index contributed by atoms with van der Waals surface area (Å²) in [7, 11) is 0. The van der Waals surface area contributed by atoms with Crippen LogP contribution in [-0.4, -0.2) is 10.9 Å². The zero-order chi connectivity index (χ0) is 13.3. The minimum absolute atomic E-state index is 0.550. The van der Waals surface area contributed by atoms with Crippen LogP contribution in [0.5, 0.6) is 0 Å². The monoisotopic (exact) mass is 246 g/mol. The smallest absolute Gasteiger partial charge is 0.0668 e. The number of allylic oxidation sites excluding steroid dienone is 4. The standard InChI is InChI=1S/C14H18N2S/c1-6-11(2)9-15-14(5)12(3)7-8-13(4)16-10-17/h7-9H,3-4,6H2,1-2,5H3/b8-7-,11-9-,15-14?. The predicted molar refractivity (Wildman–Crippen MR) is 79.6 cm³/mol. The van der Waals surface area contributed by atoms with Gasteiger partial charge in [-0.2, -0.15) is 4.99 Å². The molecule has 0 spiro atoms. The van der Waals surface area contributed by atoms with E-state index in [-0.39, 0.29) is 0 Å². The van der Waals surface area contributed by atoms with Crippen molar-refractivity contribution in [1.29, 1.82) is 0 Å². The van der Waals surface area contributed by atoms with Crippen molar-refractivity contribution >= 4 is 23.1 Å². The Bertz CT molecular complexity index is 433. The van der Waals surface area contributed by atoms with Gasteiger partial charge in [-0.3, -0.25) is 4.99 Å². The Balaban J connectivity index is 4.62. The molecule has 0 unspecified atom stereocenters. The van der Waals surface area contributed by atoms with Crippen molar-refractivity contribution in [3.63, 3.8) is 0 Å². The summed E-state index contributed by atoms with van der Waals surface area (Å²) in [6, 6.07) is 0. The molecule has 0 heterocycles. The summed E-state index contributed by atoms with van der Waals surface area (Å²) in [4.78, 5) is 8.06. The van der Waals surface area contributed by atoms with Crippen molar-refractivity contribution in [2.75, 3.05) is 0 Å². The predicted octanol–water partition coefficient (Wildman–Crippen LogP) is 4.49. The topological polar surface area (TPSA) is 24.7 Å². The Morgan fingerprint density at radius 3 is 2.47 bits per heavy atom. The van der Waals surface area contributed by atoms with E-state index >= 15 is 0 Å². The van der Waals surface area contributed by atoms with Gasteiger partial charge in [-0.1, -0.05) is 31.7 Å². The fourth-order valence-electron chi connectivity index (χ4n) is 0.794. The third kappa shape index (κ3) is 7.34. The van der Waals surface area contributed by atoms with E-state index in [1.54, 1.807) is 6.08 Å². The second-order valence-electron chi connectivity index (χ2n) is 3.60. The molecule has 17 heavy (non-hydrogen) atoms. The van der Waals surface area contributed by atoms with Gasteiger partial charge in [0.15, 0.2) is 0 Å². The summed E-state index contributed by atoms with van der Waals surface area (Å²) in [5.74, 6) is 0. The SMILES string of the molecule is C=C(/C=C\C(=C)C(C)=N/C=C(/C)CC)N=C=S. The molecule has 3 heteroatoms. The number of hydrogen-bond acceptors (Lipinski definition) is 3. The van der Waals surface area contributed by atoms with E-state index in [1.165, 1.54) is 5.57 Å². The van der Waals surface area contributed by atoms with Crippen molar-refractivity contribution in [1.82, 2.24) is 0 Å². The molecule has 0 aliphatic rings. The zero-order valence-corrected chi connectivity index (χ0v) is 11.5. The second-order valence-corrected chi connectivity index (χ2v) is 3.78. The molecule has 0 rings (SSSR count). The Hall–Kier alpha value is -1.57. The Morgan fingerprint density at radius 2 is 1.94 bits per heavy atom. The highest BCUT2D eigenvalue weighted by Gasteiger charge is 1.93. The number of thiocarbonyl (C=S) groups is 1. The third-order valence-corrected chi connectivity index (χ3v) is 2.26. The number of aliphatic imine (C=N–C) groups is 2. The Labute approximate surface area is 109 Å². The van der Waals surface area contributed by atoms with Gasteiger partial charge in [0.2, 0.25) is 0 Å². The summed E-state index contributed by atoms with van der Waals surface area (Å²) >= 11 is 4.48. The molecule has 0 aliphatic heterocycles. The second kappa shape index (κ2) is 8.57. The largest absolute Gasteiger partial charge is 0.261 e. The number of hydrogen-bond donors (Lipinski definition) is 0. The molecule has 0 aliphatic carbocycles. The van der Waals surface area contributed by atoms with Gasteiger partial charge >= 0.3 is 0 Å². The summed E-state index contributed by atoms with van der Waals surface area (Å²) in [6.07, 6.45) is 6.40. The molecule has 0 aromatic rings. The molecule has 2 nitrogen and oxygen atoms in total. The fraction of sp³-hybridized carbons (Fsp3) is 0.286. The molecule has 0 bridgehead atoms. The summed E-state index contributed by atoms with van der Waals surface area (Å²) < 4.78 is 0. The lowest BCUT2D eigenvalue weighted by molar-refractivity contribution is 1.09. The highest BCUT2D eigenvalue weighted by atomic mass is 32.1. The molecule has 0 radical (unpaired) electrons. The van der Waals surface area contributed by atoms with Crippen LogP contribution < -0.4 is 0 Å². The van der Waals surface area contributed by atoms with Crippen LogP contribution in [-0.2, 0) is 0 Å². The molecule has 0 fully saturated rings. The molecular formula is C14H18N2S. The van der Waals surface area contributed by atoms with E-state index in [2.05, 4.69) is 47.4 Å². The first-order valence-corrected chi connectivity index (χ1v) is 5.76. The first-order valence-electron chi connectivity index (χ1n) is 5.35. The molecule has 0 amide bonds. The molecule has 0 saturated heterocycles. The van der Waals surface area contributed by atoms with Gasteiger partial charge in [0.25, 0.3) is 0 Å². The first kappa shape index (κ1) is 15.4. The van der Waals surface area contributed by atoms with Crippen LogP contribution in [0.25, 0.3) is 0 Å². The average Bonchev–Trinajstić information content (AvgIpc) is 2.32. The van der Waals surface area contributed by atoms with E-state index in [0.29, 0.717) is 5.70 Å². The minimum atomic E-state index is 0.550. The van der Waals surface area contributed by atoms with Crippen molar-refractivity contribution in [2.45, 2.75) is 27.2 Å². The summed E-state index contributed by atoms with van der Waals surface area (Å²) in [5, 5.41) is 2.26. The van der Waals surface area contributed by atoms with Gasteiger partial charge in [-0.25, -0.2) is 0 Å². The lowest BCUT2D eigenvalue weighted by Gasteiger charge is -1.98. The van der Waals surface area contributed by atoms with Gasteiger partial charge in [-0.15, -0.1) is 0 Å². The van der Waals surface area contributed by atoms with Gasteiger partial charge in [0.1, 0.15) is 0 Å². The zero-order valence-electron chi connectivity index (χ0n) is 10.7. The van der Waals surface area contributed by atoms with Crippen LogP contribution >= 0.6 is 12.2 Å². The maximum absolute atomic E-state index is 4.48. The maximum atomic E-state index is 4.48. The van der Waals surface area contributed by atoms with Crippen LogP contribution in [0.2, 0.25) is 0 Å². The van der Waals surface area contributed by atoms with Crippen LogP contribution in [0.3, 0.4) is 0 Å². The molecule has 0 aromatic heterocycles. The highest BCUT2D eigenvalue weighted by molar-refractivity contribution is 7.78. The number of rotatable bonds is 6. The number of isothiocyanates is 1. The molecule has 0 atom stereocenters. The summed E-state index contributed by atoms with van der Waals surface area (Å²) in [6.45, 7) is 13.7. The normalized spacial score (nSPS) is 12.4. The first-order chi connectivity index (χ1) is 8.01. The quantitative estimate of drug-likeness (QED) is 0.385. The van der Waals surface area contributed by atoms with Crippen LogP contribution in [0, 0.1) is 0 Å². The Kier molecular flexibility index (Phi) is 7.78. The van der Waals surface area contributed by atoms with Crippen LogP contribution in [0.4, 0.5) is 0 Å². The van der Waals surface area contributed by atoms with Crippen LogP contribution in [0.1, 0.15) is 27.2 Å². The van der Waals surface area contributed by atoms with E-state index < -0.39 is 0 Å². The third-order valence-electron chi connectivity index (χ3n) is 2.17. The van der Waals surface area contributed by atoms with Crippen molar-refractivity contribution in [3.05, 3.63) is 48.4 Å². The fourth-order valence-corrected chi connectivity index (χ4v) is 0.912. The van der Waals surface area contributed by atoms with Crippen LogP contribution in [0.15, 0.2) is 58.3 Å². The summed E-state index contributed by atoms with van der Waals surface area (Å²) in [5.41, 5.74) is 3.48. The van der Waals surface area contributed by atoms with Gasteiger partial charge in [-0.05, 0) is 44.1 Å². The lowest BCUT2D eigenvalue weighted by Crippen LogP contribution is -1.92. The Morgan fingerprint density at radius 1 is 1.29 bits per heavy atom. The molecule has 90 valence electrons. The van der Waals surface area contributed by atoms with Crippen molar-refractivity contribution in [3.8, 4) is 0 Å². The average molecular weight is 246 g/mol. The van der Waals surface area contributed by atoms with Gasteiger partial charge < -0.3 is 0 Å². The maximum Gasteiger partial charge on any atom is 0.0668 e. The highest BCUT2D eigenvalue weighted by Crippen LogP contribution is 2.04. The minimum Gasteiger partial charge on any atom is -0.261 e. The van der Waals surface area contributed by atoms with Gasteiger partial charge in [0.05, 0.1) is 10.9 Å². The van der Waals surface area contributed by atoms with E-state index in [4.69, 9.17) is 0 Å². The molecule has 0 N–H and O–H groups in total.